The fourth-order valence-electron chi connectivity index (χ4n) is 2.93. The summed E-state index contributed by atoms with van der Waals surface area (Å²) in [5, 5.41) is 7.32. The molecule has 0 aliphatic heterocycles. The van der Waals surface area contributed by atoms with Crippen LogP contribution in [0.3, 0.4) is 0 Å². The summed E-state index contributed by atoms with van der Waals surface area (Å²) >= 11 is 6.06. The van der Waals surface area contributed by atoms with Gasteiger partial charge < -0.3 is 10.1 Å². The molecule has 0 saturated heterocycles. The van der Waals surface area contributed by atoms with E-state index in [2.05, 4.69) is 15.4 Å². The molecular formula is C23H17ClN4O3. The van der Waals surface area contributed by atoms with Crippen LogP contribution in [-0.4, -0.2) is 33.1 Å². The van der Waals surface area contributed by atoms with E-state index in [-0.39, 0.29) is 18.3 Å². The van der Waals surface area contributed by atoms with Gasteiger partial charge in [-0.05, 0) is 42.5 Å². The SMILES string of the molecule is O=C(COc1ccc(C(=O)c2ccccc2)cc1)Nc1cc(Cl)ccc1-n1cncn1. The molecule has 4 aromatic rings. The average Bonchev–Trinajstić information content (AvgIpc) is 3.33. The summed E-state index contributed by atoms with van der Waals surface area (Å²) in [5.41, 5.74) is 2.26. The van der Waals surface area contributed by atoms with Crippen LogP contribution in [0.2, 0.25) is 5.02 Å². The maximum Gasteiger partial charge on any atom is 0.262 e. The van der Waals surface area contributed by atoms with Crippen LogP contribution in [0.15, 0.2) is 85.5 Å². The molecule has 154 valence electrons. The predicted octanol–water partition coefficient (Wildman–Crippen LogP) is 4.17. The van der Waals surface area contributed by atoms with Gasteiger partial charge in [0.25, 0.3) is 5.91 Å². The van der Waals surface area contributed by atoms with Crippen LogP contribution in [0, 0.1) is 0 Å². The number of nitrogens with one attached hydrogen (secondary N) is 1. The number of ether oxygens (including phenoxy) is 1. The second kappa shape index (κ2) is 9.23. The van der Waals surface area contributed by atoms with Crippen LogP contribution < -0.4 is 10.1 Å². The molecule has 31 heavy (non-hydrogen) atoms. The molecule has 7 nitrogen and oxygen atoms in total. The molecule has 0 unspecified atom stereocenters. The smallest absolute Gasteiger partial charge is 0.262 e. The number of hydrogen-bond donors (Lipinski definition) is 1. The van der Waals surface area contributed by atoms with Gasteiger partial charge in [0.1, 0.15) is 18.4 Å². The molecule has 0 bridgehead atoms. The number of halogens is 1. The first-order valence-corrected chi connectivity index (χ1v) is 9.75. The Morgan fingerprint density at radius 2 is 1.71 bits per heavy atom. The number of ketones is 1. The highest BCUT2D eigenvalue weighted by Gasteiger charge is 2.12. The number of amides is 1. The monoisotopic (exact) mass is 432 g/mol. The average molecular weight is 433 g/mol. The van der Waals surface area contributed by atoms with E-state index in [1.807, 2.05) is 18.2 Å². The van der Waals surface area contributed by atoms with Crippen LogP contribution >= 0.6 is 11.6 Å². The first-order chi connectivity index (χ1) is 15.1. The Labute approximate surface area is 183 Å². The summed E-state index contributed by atoms with van der Waals surface area (Å²) in [6.45, 7) is -0.213. The lowest BCUT2D eigenvalue weighted by Crippen LogP contribution is -2.21. The zero-order valence-electron chi connectivity index (χ0n) is 16.2. The molecule has 0 saturated carbocycles. The lowest BCUT2D eigenvalue weighted by Gasteiger charge is -2.12. The van der Waals surface area contributed by atoms with E-state index >= 15 is 0 Å². The van der Waals surface area contributed by atoms with E-state index < -0.39 is 0 Å². The Morgan fingerprint density at radius 3 is 2.42 bits per heavy atom. The van der Waals surface area contributed by atoms with Crippen molar-refractivity contribution in [2.45, 2.75) is 0 Å². The molecule has 0 radical (unpaired) electrons. The summed E-state index contributed by atoms with van der Waals surface area (Å²) in [6.07, 6.45) is 2.92. The van der Waals surface area contributed by atoms with Crippen molar-refractivity contribution in [3.8, 4) is 11.4 Å². The molecule has 0 aliphatic rings. The number of hydrogen-bond acceptors (Lipinski definition) is 5. The van der Waals surface area contributed by atoms with Gasteiger partial charge in [-0.1, -0.05) is 41.9 Å². The minimum Gasteiger partial charge on any atom is -0.484 e. The number of aromatic nitrogens is 3. The molecule has 8 heteroatoms. The van der Waals surface area contributed by atoms with E-state index in [0.717, 1.165) is 0 Å². The van der Waals surface area contributed by atoms with Crippen LogP contribution in [0.4, 0.5) is 5.69 Å². The summed E-state index contributed by atoms with van der Waals surface area (Å²) in [5.74, 6) is 0.0296. The van der Waals surface area contributed by atoms with E-state index in [0.29, 0.717) is 33.3 Å². The maximum absolute atomic E-state index is 12.5. The third kappa shape index (κ3) is 4.96. The molecular weight excluding hydrogens is 416 g/mol. The second-order valence-corrected chi connectivity index (χ2v) is 6.99. The second-order valence-electron chi connectivity index (χ2n) is 6.56. The third-order valence-corrected chi connectivity index (χ3v) is 4.66. The van der Waals surface area contributed by atoms with Crippen molar-refractivity contribution in [3.63, 3.8) is 0 Å². The highest BCUT2D eigenvalue weighted by Crippen LogP contribution is 2.24. The minimum absolute atomic E-state index is 0.0773. The fourth-order valence-corrected chi connectivity index (χ4v) is 3.11. The fraction of sp³-hybridized carbons (Fsp3) is 0.0435. The molecule has 1 amide bonds. The van der Waals surface area contributed by atoms with Gasteiger partial charge in [0.2, 0.25) is 0 Å². The summed E-state index contributed by atoms with van der Waals surface area (Å²) < 4.78 is 7.07. The van der Waals surface area contributed by atoms with Crippen LogP contribution in [0.5, 0.6) is 5.75 Å². The summed E-state index contributed by atoms with van der Waals surface area (Å²) in [6, 6.07) is 20.7. The van der Waals surface area contributed by atoms with Gasteiger partial charge in [0.15, 0.2) is 12.4 Å². The number of anilines is 1. The van der Waals surface area contributed by atoms with Crippen LogP contribution in [0.1, 0.15) is 15.9 Å². The largest absolute Gasteiger partial charge is 0.484 e. The molecule has 4 rings (SSSR count). The van der Waals surface area contributed by atoms with Gasteiger partial charge in [-0.15, -0.1) is 0 Å². The maximum atomic E-state index is 12.5. The number of benzene rings is 3. The zero-order chi connectivity index (χ0) is 21.6. The van der Waals surface area contributed by atoms with Crippen molar-refractivity contribution < 1.29 is 14.3 Å². The van der Waals surface area contributed by atoms with Gasteiger partial charge in [0.05, 0.1) is 11.4 Å². The van der Waals surface area contributed by atoms with Crippen molar-refractivity contribution in [1.29, 1.82) is 0 Å². The molecule has 1 N–H and O–H groups in total. The summed E-state index contributed by atoms with van der Waals surface area (Å²) in [7, 11) is 0. The highest BCUT2D eigenvalue weighted by atomic mass is 35.5. The number of carbonyl (C=O) groups excluding carboxylic acids is 2. The topological polar surface area (TPSA) is 86.1 Å². The van der Waals surface area contributed by atoms with Crippen LogP contribution in [-0.2, 0) is 4.79 Å². The number of carbonyl (C=O) groups is 2. The van der Waals surface area contributed by atoms with Crippen molar-refractivity contribution >= 4 is 29.0 Å². The predicted molar refractivity (Wildman–Crippen MR) is 117 cm³/mol. The molecule has 0 fully saturated rings. The molecule has 0 spiro atoms. The molecule has 0 atom stereocenters. The molecule has 3 aromatic carbocycles. The Balaban J connectivity index is 1.39. The number of rotatable bonds is 7. The summed E-state index contributed by atoms with van der Waals surface area (Å²) in [4.78, 5) is 28.8. The van der Waals surface area contributed by atoms with Gasteiger partial charge in [-0.25, -0.2) is 9.67 Å². The molecule has 1 aromatic heterocycles. The van der Waals surface area contributed by atoms with E-state index in [1.54, 1.807) is 54.6 Å². The molecule has 0 aliphatic carbocycles. The third-order valence-electron chi connectivity index (χ3n) is 4.42. The van der Waals surface area contributed by atoms with Gasteiger partial charge in [0, 0.05) is 16.1 Å². The normalized spacial score (nSPS) is 10.5. The first kappa shape index (κ1) is 20.3. The lowest BCUT2D eigenvalue weighted by atomic mass is 10.0. The lowest BCUT2D eigenvalue weighted by molar-refractivity contribution is -0.118. The first-order valence-electron chi connectivity index (χ1n) is 9.37. The Morgan fingerprint density at radius 1 is 0.968 bits per heavy atom. The van der Waals surface area contributed by atoms with Crippen molar-refractivity contribution in [1.82, 2.24) is 14.8 Å². The van der Waals surface area contributed by atoms with Gasteiger partial charge >= 0.3 is 0 Å². The highest BCUT2D eigenvalue weighted by molar-refractivity contribution is 6.31. The van der Waals surface area contributed by atoms with E-state index in [4.69, 9.17) is 16.3 Å². The Bertz CT molecular complexity index is 1190. The molecule has 1 heterocycles. The Hall–Kier alpha value is -3.97. The van der Waals surface area contributed by atoms with E-state index in [9.17, 15) is 9.59 Å². The van der Waals surface area contributed by atoms with Gasteiger partial charge in [-0.2, -0.15) is 5.10 Å². The van der Waals surface area contributed by atoms with Crippen molar-refractivity contribution in [3.05, 3.63) is 102 Å². The Kier molecular flexibility index (Phi) is 6.05. The number of nitrogens with zero attached hydrogens (tertiary/aromatic N) is 3. The minimum atomic E-state index is -0.368. The van der Waals surface area contributed by atoms with E-state index in [1.165, 1.54) is 17.3 Å². The van der Waals surface area contributed by atoms with Crippen LogP contribution in [0.25, 0.3) is 5.69 Å². The quantitative estimate of drug-likeness (QED) is 0.443. The van der Waals surface area contributed by atoms with Crippen molar-refractivity contribution in [2.24, 2.45) is 0 Å². The zero-order valence-corrected chi connectivity index (χ0v) is 17.0. The van der Waals surface area contributed by atoms with Gasteiger partial charge in [-0.3, -0.25) is 9.59 Å². The standard InChI is InChI=1S/C23H17ClN4O3/c24-18-8-11-21(28-15-25-14-26-28)20(12-18)27-22(29)13-31-19-9-6-17(7-10-19)23(30)16-4-2-1-3-5-16/h1-12,14-15H,13H2,(H,27,29). The van der Waals surface area contributed by atoms with Crippen molar-refractivity contribution in [2.75, 3.05) is 11.9 Å².